The van der Waals surface area contributed by atoms with Crippen molar-refractivity contribution in [3.05, 3.63) is 206 Å². The Morgan fingerprint density at radius 2 is 0.685 bits per heavy atom. The number of hydrogen-bond donors (Lipinski definition) is 1. The number of rotatable bonds is 6. The van der Waals surface area contributed by atoms with E-state index in [2.05, 4.69) is 199 Å². The van der Waals surface area contributed by atoms with Gasteiger partial charge in [0.05, 0.1) is 17.1 Å². The second-order valence-corrected chi connectivity index (χ2v) is 13.9. The third kappa shape index (κ3) is 5.27. The molecule has 0 bridgehead atoms. The third-order valence-corrected chi connectivity index (χ3v) is 10.8. The fourth-order valence-corrected chi connectivity index (χ4v) is 8.32. The summed E-state index contributed by atoms with van der Waals surface area (Å²) in [5.74, 6) is 0. The average Bonchev–Trinajstić information content (AvgIpc) is 3.24. The van der Waals surface area contributed by atoms with Crippen LogP contribution >= 0.6 is 0 Å². The molecule has 0 aliphatic carbocycles. The van der Waals surface area contributed by atoms with Gasteiger partial charge in [-0.2, -0.15) is 0 Å². The molecular weight excluding hydrogens is 653 g/mol. The van der Waals surface area contributed by atoms with Crippen molar-refractivity contribution in [3.8, 4) is 33.4 Å². The second-order valence-electron chi connectivity index (χ2n) is 13.9. The van der Waals surface area contributed by atoms with E-state index in [1.165, 1.54) is 65.3 Å². The summed E-state index contributed by atoms with van der Waals surface area (Å²) in [7, 11) is 0. The van der Waals surface area contributed by atoms with Gasteiger partial charge in [0, 0.05) is 27.6 Å². The number of fused-ring (bicyclic) bond motifs is 4. The topological polar surface area (TPSA) is 29.3 Å². The van der Waals surface area contributed by atoms with E-state index in [1.807, 2.05) is 12.1 Å². The van der Waals surface area contributed by atoms with Crippen LogP contribution in [-0.4, -0.2) is 0 Å². The van der Waals surface area contributed by atoms with Crippen molar-refractivity contribution in [3.63, 3.8) is 0 Å². The molecule has 0 spiro atoms. The molecule has 2 heteroatoms. The van der Waals surface area contributed by atoms with E-state index in [0.29, 0.717) is 0 Å². The highest BCUT2D eigenvalue weighted by atomic mass is 15.1. The van der Waals surface area contributed by atoms with Crippen LogP contribution < -0.4 is 10.6 Å². The lowest BCUT2D eigenvalue weighted by molar-refractivity contribution is 1.31. The number of benzene rings is 10. The third-order valence-electron chi connectivity index (χ3n) is 10.8. The maximum atomic E-state index is 6.29. The zero-order valence-electron chi connectivity index (χ0n) is 29.7. The van der Waals surface area contributed by atoms with Gasteiger partial charge in [0.25, 0.3) is 0 Å². The highest BCUT2D eigenvalue weighted by Gasteiger charge is 2.27. The van der Waals surface area contributed by atoms with Gasteiger partial charge in [0.1, 0.15) is 0 Å². The monoisotopic (exact) mass is 688 g/mol. The van der Waals surface area contributed by atoms with Crippen LogP contribution in [0.5, 0.6) is 0 Å². The summed E-state index contributed by atoms with van der Waals surface area (Å²) in [6.45, 7) is 0. The number of anilines is 4. The van der Waals surface area contributed by atoms with Crippen molar-refractivity contribution in [2.75, 3.05) is 10.6 Å². The molecule has 0 unspecified atom stereocenters. The van der Waals surface area contributed by atoms with Gasteiger partial charge in [-0.25, -0.2) is 0 Å². The van der Waals surface area contributed by atoms with E-state index in [0.717, 1.165) is 33.9 Å². The molecule has 0 aromatic heterocycles. The zero-order valence-corrected chi connectivity index (χ0v) is 29.7. The Balaban J connectivity index is 1.43. The lowest BCUT2D eigenvalue weighted by atomic mass is 9.83. The molecule has 10 rings (SSSR count). The quantitative estimate of drug-likeness (QED) is 0.176. The van der Waals surface area contributed by atoms with E-state index >= 15 is 0 Å². The number of nitrogens with two attached hydrogens (primary N) is 1. The predicted molar refractivity (Wildman–Crippen MR) is 232 cm³/mol. The Kier molecular flexibility index (Phi) is 7.66. The highest BCUT2D eigenvalue weighted by molar-refractivity contribution is 6.15. The Morgan fingerprint density at radius 3 is 1.20 bits per heavy atom. The summed E-state index contributed by atoms with van der Waals surface area (Å²) in [6.07, 6.45) is 0. The minimum absolute atomic E-state index is 0.745. The molecule has 0 radical (unpaired) electrons. The van der Waals surface area contributed by atoms with E-state index in [1.54, 1.807) is 0 Å². The first-order chi connectivity index (χ1) is 26.7. The van der Waals surface area contributed by atoms with Gasteiger partial charge in [-0.05, 0) is 84.9 Å². The van der Waals surface area contributed by atoms with Crippen molar-refractivity contribution >= 4 is 65.8 Å². The molecule has 0 aliphatic heterocycles. The van der Waals surface area contributed by atoms with Crippen molar-refractivity contribution in [1.29, 1.82) is 0 Å². The minimum atomic E-state index is 0.745. The number of nitrogens with zero attached hydrogens (tertiary/aromatic N) is 1. The standard InChI is InChI=1S/C52H36N2/c53-40-31-29-39(30-32-40)45-33-34-50(54(48-27-11-19-37-15-3-7-23-43(37)48)49-28-12-20-38-16-4-8-24-44(38)49)52(47-26-10-18-36-14-2-6-22-42(36)47)51(45)46-25-9-17-35-13-1-5-21-41(35)46/h1-34H,53H2. The number of nitrogen functional groups attached to an aromatic ring is 1. The maximum Gasteiger partial charge on any atom is 0.0547 e. The summed E-state index contributed by atoms with van der Waals surface area (Å²) < 4.78 is 0. The molecule has 2 nitrogen and oxygen atoms in total. The van der Waals surface area contributed by atoms with Crippen LogP contribution in [0.2, 0.25) is 0 Å². The molecule has 254 valence electrons. The van der Waals surface area contributed by atoms with E-state index < -0.39 is 0 Å². The Labute approximate surface area is 315 Å². The van der Waals surface area contributed by atoms with Crippen molar-refractivity contribution in [2.24, 2.45) is 0 Å². The maximum absolute atomic E-state index is 6.29. The Hall–Kier alpha value is -7.16. The average molecular weight is 689 g/mol. The van der Waals surface area contributed by atoms with Crippen LogP contribution in [0.4, 0.5) is 22.7 Å². The van der Waals surface area contributed by atoms with Crippen LogP contribution in [0.1, 0.15) is 0 Å². The molecule has 54 heavy (non-hydrogen) atoms. The summed E-state index contributed by atoms with van der Waals surface area (Å²) in [5, 5.41) is 9.57. The van der Waals surface area contributed by atoms with Crippen LogP contribution in [-0.2, 0) is 0 Å². The normalized spacial score (nSPS) is 11.4. The summed E-state index contributed by atoms with van der Waals surface area (Å²) in [4.78, 5) is 2.50. The predicted octanol–water partition coefficient (Wildman–Crippen LogP) is 14.4. The second kappa shape index (κ2) is 13.1. The van der Waals surface area contributed by atoms with Crippen LogP contribution in [0.3, 0.4) is 0 Å². The zero-order chi connectivity index (χ0) is 36.0. The van der Waals surface area contributed by atoms with Crippen molar-refractivity contribution in [2.45, 2.75) is 0 Å². The van der Waals surface area contributed by atoms with Crippen LogP contribution in [0.25, 0.3) is 76.5 Å². The van der Waals surface area contributed by atoms with Gasteiger partial charge in [-0.15, -0.1) is 0 Å². The SMILES string of the molecule is Nc1ccc(-c2ccc(N(c3cccc4ccccc34)c3cccc4ccccc34)c(-c3cccc4ccccc34)c2-c2cccc3ccccc23)cc1. The van der Waals surface area contributed by atoms with Gasteiger partial charge < -0.3 is 10.6 Å². The van der Waals surface area contributed by atoms with Crippen LogP contribution in [0.15, 0.2) is 206 Å². The Morgan fingerprint density at radius 1 is 0.278 bits per heavy atom. The highest BCUT2D eigenvalue weighted by Crippen LogP contribution is 2.53. The van der Waals surface area contributed by atoms with Crippen molar-refractivity contribution < 1.29 is 0 Å². The summed E-state index contributed by atoms with van der Waals surface area (Å²) in [5.41, 5.74) is 17.3. The molecular formula is C52H36N2. The van der Waals surface area contributed by atoms with Gasteiger partial charge in [-0.1, -0.05) is 176 Å². The largest absolute Gasteiger partial charge is 0.399 e. The molecule has 0 amide bonds. The first-order valence-electron chi connectivity index (χ1n) is 18.5. The number of hydrogen-bond acceptors (Lipinski definition) is 2. The molecule has 0 aliphatic rings. The smallest absolute Gasteiger partial charge is 0.0547 e. The molecule has 10 aromatic carbocycles. The van der Waals surface area contributed by atoms with Gasteiger partial charge in [0.2, 0.25) is 0 Å². The van der Waals surface area contributed by atoms with Gasteiger partial charge >= 0.3 is 0 Å². The van der Waals surface area contributed by atoms with Gasteiger partial charge in [-0.3, -0.25) is 0 Å². The molecule has 0 atom stereocenters. The molecule has 0 heterocycles. The van der Waals surface area contributed by atoms with E-state index in [4.69, 9.17) is 5.73 Å². The summed E-state index contributed by atoms with van der Waals surface area (Å²) >= 11 is 0. The molecule has 0 saturated carbocycles. The fraction of sp³-hybridized carbons (Fsp3) is 0. The molecule has 10 aromatic rings. The van der Waals surface area contributed by atoms with Crippen molar-refractivity contribution in [1.82, 2.24) is 0 Å². The lowest BCUT2D eigenvalue weighted by Gasteiger charge is -2.32. The first-order valence-corrected chi connectivity index (χ1v) is 18.5. The fourth-order valence-electron chi connectivity index (χ4n) is 8.32. The molecule has 0 fully saturated rings. The lowest BCUT2D eigenvalue weighted by Crippen LogP contribution is -2.13. The van der Waals surface area contributed by atoms with E-state index in [9.17, 15) is 0 Å². The van der Waals surface area contributed by atoms with Crippen LogP contribution in [0, 0.1) is 0 Å². The Bertz CT molecular complexity index is 2910. The first kappa shape index (κ1) is 31.6. The minimum Gasteiger partial charge on any atom is -0.399 e. The molecule has 0 saturated heterocycles. The molecule has 2 N–H and O–H groups in total. The van der Waals surface area contributed by atoms with Gasteiger partial charge in [0.15, 0.2) is 0 Å². The van der Waals surface area contributed by atoms with E-state index in [-0.39, 0.29) is 0 Å². The summed E-state index contributed by atoms with van der Waals surface area (Å²) in [6, 6.07) is 74.6.